The molecular weight excluding hydrogens is 159 g/mol. The number of nitrogens with two attached hydrogens (primary N) is 1. The van der Waals surface area contributed by atoms with Crippen LogP contribution in [-0.4, -0.2) is 12.5 Å². The summed E-state index contributed by atoms with van der Waals surface area (Å²) in [6.45, 7) is 2.87. The predicted molar refractivity (Wildman–Crippen MR) is 33.5 cm³/mol. The lowest BCUT2D eigenvalue weighted by Crippen LogP contribution is -2.15. The van der Waals surface area contributed by atoms with Gasteiger partial charge in [0.15, 0.2) is 0 Å². The molecule has 0 spiro atoms. The Bertz CT molecular complexity index is 204. The molecule has 0 aliphatic carbocycles. The average molecular weight is 165 g/mol. The minimum absolute atomic E-state index is 0.00613. The second-order valence-corrected chi connectivity index (χ2v) is 1.72. The topological polar surface area (TPSA) is 43.1 Å². The monoisotopic (exact) mass is 165 g/mol. The van der Waals surface area contributed by atoms with Gasteiger partial charge in [0.2, 0.25) is 0 Å². The van der Waals surface area contributed by atoms with Crippen molar-refractivity contribution in [2.75, 3.05) is 0 Å². The van der Waals surface area contributed by atoms with Gasteiger partial charge in [-0.15, -0.1) is 0 Å². The Morgan fingerprint density at radius 2 is 1.91 bits per heavy atom. The molecule has 0 saturated carbocycles. The second kappa shape index (κ2) is 3.23. The summed E-state index contributed by atoms with van der Waals surface area (Å²) in [7, 11) is 0. The Balaban J connectivity index is 4.72. The van der Waals surface area contributed by atoms with Gasteiger partial charge in [0.1, 0.15) is 6.29 Å². The van der Waals surface area contributed by atoms with E-state index in [1.807, 2.05) is 0 Å². The van der Waals surface area contributed by atoms with Crippen LogP contribution < -0.4 is 5.73 Å². The summed E-state index contributed by atoms with van der Waals surface area (Å²) in [4.78, 5) is 9.86. The van der Waals surface area contributed by atoms with E-state index in [0.29, 0.717) is 6.20 Å². The standard InChI is InChI=1S/C6H6F3NO/c1-4(3-11)5(2-10)6(7,8)9/h2-3H,1,10H2/b5-2+. The number of halogens is 3. The van der Waals surface area contributed by atoms with Crippen LogP contribution in [0.4, 0.5) is 13.2 Å². The lowest BCUT2D eigenvalue weighted by Gasteiger charge is -2.08. The summed E-state index contributed by atoms with van der Waals surface area (Å²) in [5, 5.41) is 0. The molecule has 62 valence electrons. The molecule has 0 aliphatic heterocycles. The first-order valence-electron chi connectivity index (χ1n) is 2.57. The van der Waals surface area contributed by atoms with Crippen LogP contribution >= 0.6 is 0 Å². The molecule has 0 aromatic carbocycles. The third kappa shape index (κ3) is 2.45. The maximum atomic E-state index is 11.8. The number of hydrogen-bond acceptors (Lipinski definition) is 2. The molecule has 0 amide bonds. The van der Waals surface area contributed by atoms with Crippen molar-refractivity contribution in [2.45, 2.75) is 6.18 Å². The molecule has 0 unspecified atom stereocenters. The molecule has 2 nitrogen and oxygen atoms in total. The average Bonchev–Trinajstić information content (AvgIpc) is 1.86. The third-order valence-electron chi connectivity index (χ3n) is 0.960. The minimum atomic E-state index is -4.60. The number of carbonyl (C=O) groups excluding carboxylic acids is 1. The van der Waals surface area contributed by atoms with Gasteiger partial charge in [0.25, 0.3) is 0 Å². The fourth-order valence-electron chi connectivity index (χ4n) is 0.447. The Morgan fingerprint density at radius 1 is 1.45 bits per heavy atom. The van der Waals surface area contributed by atoms with E-state index in [1.165, 1.54) is 0 Å². The van der Waals surface area contributed by atoms with Gasteiger partial charge >= 0.3 is 6.18 Å². The van der Waals surface area contributed by atoms with E-state index in [9.17, 15) is 18.0 Å². The highest BCUT2D eigenvalue weighted by Gasteiger charge is 2.34. The number of alkyl halides is 3. The summed E-state index contributed by atoms with van der Waals surface area (Å²) >= 11 is 0. The molecule has 0 aromatic heterocycles. The lowest BCUT2D eigenvalue weighted by atomic mass is 10.1. The molecule has 0 radical (unpaired) electrons. The van der Waals surface area contributed by atoms with Gasteiger partial charge < -0.3 is 5.73 Å². The van der Waals surface area contributed by atoms with Gasteiger partial charge in [-0.3, -0.25) is 4.79 Å². The smallest absolute Gasteiger partial charge is 0.404 e. The molecular formula is C6H6F3NO. The van der Waals surface area contributed by atoms with Crippen molar-refractivity contribution >= 4 is 6.29 Å². The van der Waals surface area contributed by atoms with Crippen molar-refractivity contribution < 1.29 is 18.0 Å². The number of carbonyl (C=O) groups is 1. The SMILES string of the molecule is C=C(C=O)/C(=C\N)C(F)(F)F. The lowest BCUT2D eigenvalue weighted by molar-refractivity contribution is -0.108. The second-order valence-electron chi connectivity index (χ2n) is 1.72. The highest BCUT2D eigenvalue weighted by molar-refractivity contribution is 5.79. The summed E-state index contributed by atoms with van der Waals surface area (Å²) in [6.07, 6.45) is -4.28. The van der Waals surface area contributed by atoms with Crippen molar-refractivity contribution in [1.29, 1.82) is 0 Å². The highest BCUT2D eigenvalue weighted by Crippen LogP contribution is 2.28. The van der Waals surface area contributed by atoms with Crippen LogP contribution in [0.5, 0.6) is 0 Å². The van der Waals surface area contributed by atoms with Crippen LogP contribution in [0.2, 0.25) is 0 Å². The molecule has 0 aromatic rings. The quantitative estimate of drug-likeness (QED) is 0.379. The number of hydrogen-bond donors (Lipinski definition) is 1. The summed E-state index contributed by atoms with van der Waals surface area (Å²) in [6, 6.07) is 0. The van der Waals surface area contributed by atoms with Gasteiger partial charge in [-0.1, -0.05) is 6.58 Å². The molecule has 5 heteroatoms. The van der Waals surface area contributed by atoms with Crippen LogP contribution in [0, 0.1) is 0 Å². The van der Waals surface area contributed by atoms with Crippen molar-refractivity contribution in [3.8, 4) is 0 Å². The van der Waals surface area contributed by atoms with E-state index < -0.39 is 17.3 Å². The normalized spacial score (nSPS) is 12.8. The number of aldehydes is 1. The third-order valence-corrected chi connectivity index (χ3v) is 0.960. The van der Waals surface area contributed by atoms with Crippen LogP contribution in [0.15, 0.2) is 23.9 Å². The van der Waals surface area contributed by atoms with E-state index in [4.69, 9.17) is 0 Å². The zero-order chi connectivity index (χ0) is 9.07. The molecule has 0 atom stereocenters. The zero-order valence-corrected chi connectivity index (χ0v) is 5.48. The molecule has 0 aliphatic rings. The minimum Gasteiger partial charge on any atom is -0.404 e. The Labute approximate surface area is 61.2 Å². The van der Waals surface area contributed by atoms with Gasteiger partial charge in [0, 0.05) is 11.8 Å². The Hall–Kier alpha value is -1.26. The first kappa shape index (κ1) is 9.74. The number of allylic oxidation sites excluding steroid dienone is 2. The fourth-order valence-corrected chi connectivity index (χ4v) is 0.447. The first-order valence-corrected chi connectivity index (χ1v) is 2.57. The van der Waals surface area contributed by atoms with Crippen molar-refractivity contribution in [1.82, 2.24) is 0 Å². The Kier molecular flexibility index (Phi) is 2.86. The molecule has 0 rings (SSSR count). The fraction of sp³-hybridized carbons (Fsp3) is 0.167. The largest absolute Gasteiger partial charge is 0.418 e. The van der Waals surface area contributed by atoms with Crippen LogP contribution in [-0.2, 0) is 4.79 Å². The van der Waals surface area contributed by atoms with Crippen LogP contribution in [0.25, 0.3) is 0 Å². The van der Waals surface area contributed by atoms with E-state index in [1.54, 1.807) is 0 Å². The molecule has 0 bridgehead atoms. The van der Waals surface area contributed by atoms with Crippen molar-refractivity contribution in [3.63, 3.8) is 0 Å². The van der Waals surface area contributed by atoms with E-state index >= 15 is 0 Å². The summed E-state index contributed by atoms with van der Waals surface area (Å²) in [5.74, 6) is 0. The van der Waals surface area contributed by atoms with Gasteiger partial charge in [-0.25, -0.2) is 0 Å². The van der Waals surface area contributed by atoms with Gasteiger partial charge in [-0.05, 0) is 0 Å². The maximum Gasteiger partial charge on any atom is 0.418 e. The molecule has 11 heavy (non-hydrogen) atoms. The zero-order valence-electron chi connectivity index (χ0n) is 5.48. The predicted octanol–water partition coefficient (Wildman–Crippen LogP) is 1.15. The molecule has 0 fully saturated rings. The van der Waals surface area contributed by atoms with Crippen molar-refractivity contribution in [2.24, 2.45) is 5.73 Å². The molecule has 0 saturated heterocycles. The van der Waals surface area contributed by atoms with E-state index in [2.05, 4.69) is 12.3 Å². The molecule has 2 N–H and O–H groups in total. The number of rotatable bonds is 2. The first-order chi connectivity index (χ1) is 4.93. The van der Waals surface area contributed by atoms with Gasteiger partial charge in [0.05, 0.1) is 5.57 Å². The van der Waals surface area contributed by atoms with E-state index in [0.717, 1.165) is 0 Å². The van der Waals surface area contributed by atoms with E-state index in [-0.39, 0.29) is 6.29 Å². The molecule has 0 heterocycles. The maximum absolute atomic E-state index is 11.8. The summed E-state index contributed by atoms with van der Waals surface area (Å²) < 4.78 is 35.4. The van der Waals surface area contributed by atoms with Crippen LogP contribution in [0.3, 0.4) is 0 Å². The Morgan fingerprint density at radius 3 is 2.00 bits per heavy atom. The summed E-state index contributed by atoms with van der Waals surface area (Å²) in [5.41, 5.74) is 2.77. The van der Waals surface area contributed by atoms with Gasteiger partial charge in [-0.2, -0.15) is 13.2 Å². The van der Waals surface area contributed by atoms with Crippen molar-refractivity contribution in [3.05, 3.63) is 23.9 Å². The highest BCUT2D eigenvalue weighted by atomic mass is 19.4. The van der Waals surface area contributed by atoms with Crippen LogP contribution in [0.1, 0.15) is 0 Å².